The topological polar surface area (TPSA) is 84.0 Å². The van der Waals surface area contributed by atoms with E-state index in [1.807, 2.05) is 54.6 Å². The second-order valence-corrected chi connectivity index (χ2v) is 6.36. The molecule has 156 valence electrons. The maximum atomic E-state index is 12.0. The van der Waals surface area contributed by atoms with Crippen molar-refractivity contribution < 1.29 is 14.3 Å². The number of anilines is 1. The molecule has 0 aliphatic rings. The Bertz CT molecular complexity index is 766. The largest absolute Gasteiger partial charge is 0.493 e. The number of hydrogen-bond acceptors (Lipinski definition) is 4. The van der Waals surface area contributed by atoms with Crippen molar-refractivity contribution in [1.29, 1.82) is 0 Å². The summed E-state index contributed by atoms with van der Waals surface area (Å²) in [5, 5.41) is 9.26. The highest BCUT2D eigenvalue weighted by Gasteiger charge is 2.04. The molecule has 7 nitrogen and oxygen atoms in total. The van der Waals surface area contributed by atoms with Gasteiger partial charge in [0.2, 0.25) is 5.91 Å². The molecular formula is C22H30N4O3. The van der Waals surface area contributed by atoms with Crippen molar-refractivity contribution >= 4 is 17.6 Å². The molecule has 29 heavy (non-hydrogen) atoms. The lowest BCUT2D eigenvalue weighted by atomic mass is 10.2. The zero-order valence-electron chi connectivity index (χ0n) is 17.1. The summed E-state index contributed by atoms with van der Waals surface area (Å²) in [6.45, 7) is 2.28. The van der Waals surface area contributed by atoms with Crippen LogP contribution in [0.15, 0.2) is 59.6 Å². The summed E-state index contributed by atoms with van der Waals surface area (Å²) < 4.78 is 10.7. The van der Waals surface area contributed by atoms with E-state index in [0.29, 0.717) is 38.7 Å². The standard InChI is InChI=1S/C22H30N4O3/c1-23-22(24-13-12-21(27)25-17-18-8-4-3-5-9-18)26-19-10-6-11-20(16-19)29-15-7-14-28-2/h3-6,8-11,16H,7,12-15,17H2,1-2H3,(H,25,27)(H2,23,24,26). The SMILES string of the molecule is CN=C(NCCC(=O)NCc1ccccc1)Nc1cccc(OCCCOC)c1. The Kier molecular flexibility index (Phi) is 10.1. The molecular weight excluding hydrogens is 368 g/mol. The molecule has 0 aliphatic heterocycles. The van der Waals surface area contributed by atoms with Crippen LogP contribution >= 0.6 is 0 Å². The van der Waals surface area contributed by atoms with Crippen molar-refractivity contribution in [2.75, 3.05) is 39.2 Å². The Morgan fingerprint density at radius 1 is 1.03 bits per heavy atom. The van der Waals surface area contributed by atoms with Gasteiger partial charge in [-0.15, -0.1) is 0 Å². The molecule has 3 N–H and O–H groups in total. The lowest BCUT2D eigenvalue weighted by molar-refractivity contribution is -0.121. The lowest BCUT2D eigenvalue weighted by Gasteiger charge is -2.13. The minimum Gasteiger partial charge on any atom is -0.493 e. The molecule has 0 spiro atoms. The fraction of sp³-hybridized carbons (Fsp3) is 0.364. The van der Waals surface area contributed by atoms with Crippen molar-refractivity contribution in [2.24, 2.45) is 4.99 Å². The lowest BCUT2D eigenvalue weighted by Crippen LogP contribution is -2.34. The number of nitrogens with one attached hydrogen (secondary N) is 3. The predicted molar refractivity (Wildman–Crippen MR) is 116 cm³/mol. The summed E-state index contributed by atoms with van der Waals surface area (Å²) in [6.07, 6.45) is 1.19. The molecule has 2 aromatic carbocycles. The van der Waals surface area contributed by atoms with Crippen LogP contribution in [0.25, 0.3) is 0 Å². The number of methoxy groups -OCH3 is 1. The zero-order valence-corrected chi connectivity index (χ0v) is 17.1. The van der Waals surface area contributed by atoms with Crippen LogP contribution in [-0.2, 0) is 16.1 Å². The molecule has 2 rings (SSSR count). The maximum Gasteiger partial charge on any atom is 0.222 e. The number of rotatable bonds is 11. The van der Waals surface area contributed by atoms with Crippen LogP contribution in [0.3, 0.4) is 0 Å². The molecule has 0 saturated carbocycles. The van der Waals surface area contributed by atoms with E-state index in [1.54, 1.807) is 14.2 Å². The quantitative estimate of drug-likeness (QED) is 0.308. The molecule has 0 aliphatic carbocycles. The van der Waals surface area contributed by atoms with E-state index in [1.165, 1.54) is 0 Å². The summed E-state index contributed by atoms with van der Waals surface area (Å²) in [5.74, 6) is 1.36. The van der Waals surface area contributed by atoms with Gasteiger partial charge in [0.05, 0.1) is 6.61 Å². The van der Waals surface area contributed by atoms with E-state index in [2.05, 4.69) is 20.9 Å². The minimum atomic E-state index is -0.0109. The Morgan fingerprint density at radius 3 is 2.62 bits per heavy atom. The van der Waals surface area contributed by atoms with Gasteiger partial charge in [-0.1, -0.05) is 36.4 Å². The molecule has 7 heteroatoms. The Balaban J connectivity index is 1.71. The van der Waals surface area contributed by atoms with Crippen molar-refractivity contribution in [1.82, 2.24) is 10.6 Å². The third kappa shape index (κ3) is 9.12. The van der Waals surface area contributed by atoms with Crippen molar-refractivity contribution in [3.05, 3.63) is 60.2 Å². The molecule has 0 heterocycles. The van der Waals surface area contributed by atoms with Crippen molar-refractivity contribution in [3.63, 3.8) is 0 Å². The third-order valence-electron chi connectivity index (χ3n) is 4.06. The van der Waals surface area contributed by atoms with E-state index in [9.17, 15) is 4.79 Å². The highest BCUT2D eigenvalue weighted by molar-refractivity contribution is 5.93. The van der Waals surface area contributed by atoms with Gasteiger partial charge in [-0.3, -0.25) is 9.79 Å². The zero-order chi connectivity index (χ0) is 20.7. The first kappa shape index (κ1) is 22.2. The number of benzene rings is 2. The molecule has 0 unspecified atom stereocenters. The molecule has 0 radical (unpaired) electrons. The fourth-order valence-electron chi connectivity index (χ4n) is 2.55. The van der Waals surface area contributed by atoms with Crippen LogP contribution in [-0.4, -0.2) is 45.8 Å². The van der Waals surface area contributed by atoms with E-state index in [0.717, 1.165) is 23.4 Å². The second-order valence-electron chi connectivity index (χ2n) is 6.36. The molecule has 0 atom stereocenters. The van der Waals surface area contributed by atoms with Crippen LogP contribution < -0.4 is 20.7 Å². The number of ether oxygens (including phenoxy) is 2. The first-order chi connectivity index (χ1) is 14.2. The van der Waals surface area contributed by atoms with E-state index in [-0.39, 0.29) is 5.91 Å². The van der Waals surface area contributed by atoms with Gasteiger partial charge in [0.15, 0.2) is 5.96 Å². The Labute approximate surface area is 172 Å². The number of guanidine groups is 1. The van der Waals surface area contributed by atoms with Crippen LogP contribution in [0, 0.1) is 0 Å². The maximum absolute atomic E-state index is 12.0. The summed E-state index contributed by atoms with van der Waals surface area (Å²) in [4.78, 5) is 16.2. The number of carbonyl (C=O) groups excluding carboxylic acids is 1. The number of carbonyl (C=O) groups is 1. The van der Waals surface area contributed by atoms with Crippen molar-refractivity contribution in [3.8, 4) is 5.75 Å². The average molecular weight is 399 g/mol. The van der Waals surface area contributed by atoms with Crippen LogP contribution in [0.1, 0.15) is 18.4 Å². The molecule has 0 fully saturated rings. The summed E-state index contributed by atoms with van der Waals surface area (Å²) in [6, 6.07) is 17.5. The van der Waals surface area contributed by atoms with Crippen molar-refractivity contribution in [2.45, 2.75) is 19.4 Å². The monoisotopic (exact) mass is 398 g/mol. The number of amides is 1. The normalized spacial score (nSPS) is 11.0. The van der Waals surface area contributed by atoms with Crippen LogP contribution in [0.2, 0.25) is 0 Å². The highest BCUT2D eigenvalue weighted by atomic mass is 16.5. The smallest absolute Gasteiger partial charge is 0.222 e. The highest BCUT2D eigenvalue weighted by Crippen LogP contribution is 2.17. The molecule has 0 saturated heterocycles. The van der Waals surface area contributed by atoms with Gasteiger partial charge >= 0.3 is 0 Å². The third-order valence-corrected chi connectivity index (χ3v) is 4.06. The summed E-state index contributed by atoms with van der Waals surface area (Å²) in [5.41, 5.74) is 1.94. The average Bonchev–Trinajstić information content (AvgIpc) is 2.75. The fourth-order valence-corrected chi connectivity index (χ4v) is 2.55. The van der Waals surface area contributed by atoms with Crippen LogP contribution in [0.5, 0.6) is 5.75 Å². The number of aliphatic imine (C=N–C) groups is 1. The summed E-state index contributed by atoms with van der Waals surface area (Å²) >= 11 is 0. The Morgan fingerprint density at radius 2 is 1.86 bits per heavy atom. The number of nitrogens with zero attached hydrogens (tertiary/aromatic N) is 1. The van der Waals surface area contributed by atoms with Gasteiger partial charge in [-0.2, -0.15) is 0 Å². The molecule has 1 amide bonds. The minimum absolute atomic E-state index is 0.0109. The predicted octanol–water partition coefficient (Wildman–Crippen LogP) is 2.80. The first-order valence-electron chi connectivity index (χ1n) is 9.71. The van der Waals surface area contributed by atoms with Gasteiger partial charge in [0.1, 0.15) is 5.75 Å². The van der Waals surface area contributed by atoms with E-state index in [4.69, 9.17) is 9.47 Å². The van der Waals surface area contributed by atoms with Gasteiger partial charge in [-0.25, -0.2) is 0 Å². The molecule has 0 aromatic heterocycles. The first-order valence-corrected chi connectivity index (χ1v) is 9.71. The molecule has 0 bridgehead atoms. The van der Waals surface area contributed by atoms with E-state index >= 15 is 0 Å². The second kappa shape index (κ2) is 13.2. The number of hydrogen-bond donors (Lipinski definition) is 3. The molecule has 2 aromatic rings. The van der Waals surface area contributed by atoms with Gasteiger partial charge in [0.25, 0.3) is 0 Å². The van der Waals surface area contributed by atoms with E-state index < -0.39 is 0 Å². The van der Waals surface area contributed by atoms with Gasteiger partial charge < -0.3 is 25.4 Å². The van der Waals surface area contributed by atoms with Crippen LogP contribution in [0.4, 0.5) is 5.69 Å². The summed E-state index contributed by atoms with van der Waals surface area (Å²) in [7, 11) is 3.37. The van der Waals surface area contributed by atoms with Gasteiger partial charge in [0, 0.05) is 58.4 Å². The van der Waals surface area contributed by atoms with Gasteiger partial charge in [-0.05, 0) is 17.7 Å². The Hall–Kier alpha value is -3.06.